The lowest BCUT2D eigenvalue weighted by Crippen LogP contribution is -2.17. The number of rotatable bonds is 6. The van der Waals surface area contributed by atoms with Crippen LogP contribution in [0.25, 0.3) is 11.3 Å². The van der Waals surface area contributed by atoms with E-state index in [4.69, 9.17) is 4.52 Å². The van der Waals surface area contributed by atoms with Gasteiger partial charge in [-0.3, -0.25) is 4.79 Å². The lowest BCUT2D eigenvalue weighted by Gasteiger charge is -2.18. The molecule has 0 unspecified atom stereocenters. The second kappa shape index (κ2) is 8.57. The molecule has 29 heavy (non-hydrogen) atoms. The van der Waals surface area contributed by atoms with Gasteiger partial charge in [0.1, 0.15) is 11.4 Å². The van der Waals surface area contributed by atoms with Gasteiger partial charge in [0, 0.05) is 17.9 Å². The molecule has 0 aliphatic heterocycles. The Balaban J connectivity index is 1.59. The molecule has 4 rings (SSSR count). The van der Waals surface area contributed by atoms with Crippen LogP contribution >= 0.6 is 0 Å². The van der Waals surface area contributed by atoms with Crippen LogP contribution < -0.4 is 5.32 Å². The van der Waals surface area contributed by atoms with Gasteiger partial charge < -0.3 is 9.84 Å². The monoisotopic (exact) mass is 382 g/mol. The first-order valence-electron chi connectivity index (χ1n) is 9.64. The Hall–Kier alpha value is -3.66. The van der Waals surface area contributed by atoms with Crippen LogP contribution in [0.5, 0.6) is 0 Å². The average Bonchev–Trinajstić information content (AvgIpc) is 3.14. The first-order chi connectivity index (χ1) is 14.2. The van der Waals surface area contributed by atoms with Crippen LogP contribution in [-0.2, 0) is 4.79 Å². The number of anilines is 1. The number of nitrogens with zero attached hydrogens (tertiary/aromatic N) is 1. The van der Waals surface area contributed by atoms with Crippen molar-refractivity contribution in [3.05, 3.63) is 108 Å². The molecule has 0 radical (unpaired) electrons. The summed E-state index contributed by atoms with van der Waals surface area (Å²) in [5.41, 5.74) is 4.39. The molecule has 0 saturated carbocycles. The van der Waals surface area contributed by atoms with Crippen molar-refractivity contribution < 1.29 is 9.32 Å². The smallest absolute Gasteiger partial charge is 0.225 e. The Morgan fingerprint density at radius 1 is 0.862 bits per heavy atom. The summed E-state index contributed by atoms with van der Waals surface area (Å²) in [6.07, 6.45) is 0.326. The molecular formula is C25H22N2O2. The molecule has 0 aliphatic carbocycles. The van der Waals surface area contributed by atoms with E-state index in [0.717, 1.165) is 16.7 Å². The fraction of sp³-hybridized carbons (Fsp3) is 0.120. The van der Waals surface area contributed by atoms with Gasteiger partial charge in [0.15, 0.2) is 5.76 Å². The van der Waals surface area contributed by atoms with Gasteiger partial charge in [0.25, 0.3) is 0 Å². The second-order valence-electron chi connectivity index (χ2n) is 6.96. The summed E-state index contributed by atoms with van der Waals surface area (Å²) in [4.78, 5) is 13.0. The third-order valence-corrected chi connectivity index (χ3v) is 4.96. The maximum atomic E-state index is 13.0. The zero-order chi connectivity index (χ0) is 20.1. The fourth-order valence-corrected chi connectivity index (χ4v) is 3.48. The normalized spacial score (nSPS) is 10.8. The lowest BCUT2D eigenvalue weighted by molar-refractivity contribution is -0.116. The van der Waals surface area contributed by atoms with Crippen molar-refractivity contribution in [3.63, 3.8) is 0 Å². The number of hydrogen-bond donors (Lipinski definition) is 1. The molecule has 0 spiro atoms. The van der Waals surface area contributed by atoms with E-state index in [1.165, 1.54) is 0 Å². The summed E-state index contributed by atoms with van der Waals surface area (Å²) in [6.45, 7) is 1.83. The average molecular weight is 382 g/mol. The first kappa shape index (κ1) is 18.7. The number of aryl methyl sites for hydroxylation is 1. The highest BCUT2D eigenvalue weighted by molar-refractivity contribution is 5.95. The summed E-state index contributed by atoms with van der Waals surface area (Å²) in [6, 6.07) is 29.9. The van der Waals surface area contributed by atoms with Crippen molar-refractivity contribution in [2.45, 2.75) is 19.3 Å². The summed E-state index contributed by atoms with van der Waals surface area (Å²) in [5.74, 6) is 0.469. The molecule has 4 nitrogen and oxygen atoms in total. The minimum absolute atomic E-state index is 0.0299. The molecule has 1 amide bonds. The van der Waals surface area contributed by atoms with Crippen molar-refractivity contribution in [2.24, 2.45) is 0 Å². The van der Waals surface area contributed by atoms with Crippen LogP contribution in [0.4, 0.5) is 5.69 Å². The van der Waals surface area contributed by atoms with Crippen LogP contribution in [0.2, 0.25) is 0 Å². The Bertz CT molecular complexity index is 1030. The van der Waals surface area contributed by atoms with E-state index in [2.05, 4.69) is 34.7 Å². The van der Waals surface area contributed by atoms with Crippen LogP contribution in [0, 0.1) is 6.92 Å². The molecule has 0 fully saturated rings. The minimum Gasteiger partial charge on any atom is -0.354 e. The van der Waals surface area contributed by atoms with E-state index in [1.807, 2.05) is 73.7 Å². The van der Waals surface area contributed by atoms with E-state index in [1.54, 1.807) is 0 Å². The SMILES string of the molecule is Cc1noc(-c2ccccc2)c1NC(=O)CC(c1ccccc1)c1ccccc1. The maximum absolute atomic E-state index is 13.0. The van der Waals surface area contributed by atoms with Crippen molar-refractivity contribution >= 4 is 11.6 Å². The molecule has 0 saturated heterocycles. The number of carbonyl (C=O) groups is 1. The second-order valence-corrected chi connectivity index (χ2v) is 6.96. The predicted octanol–water partition coefficient (Wildman–Crippen LogP) is 5.81. The molecule has 0 atom stereocenters. The highest BCUT2D eigenvalue weighted by Crippen LogP contribution is 2.32. The molecule has 1 aromatic heterocycles. The summed E-state index contributed by atoms with van der Waals surface area (Å²) in [5, 5.41) is 7.08. The van der Waals surface area contributed by atoms with Crippen molar-refractivity contribution in [1.29, 1.82) is 0 Å². The standard InChI is InChI=1S/C25H22N2O2/c1-18-24(25(29-27-18)21-15-9-4-10-16-21)26-23(28)17-22(19-11-5-2-6-12-19)20-13-7-3-8-14-20/h2-16,22H,17H2,1H3,(H,26,28). The molecule has 1 heterocycles. The van der Waals surface area contributed by atoms with Crippen LogP contribution in [-0.4, -0.2) is 11.1 Å². The highest BCUT2D eigenvalue weighted by atomic mass is 16.5. The quantitative estimate of drug-likeness (QED) is 0.458. The molecule has 0 aliphatic rings. The van der Waals surface area contributed by atoms with Crippen LogP contribution in [0.15, 0.2) is 95.5 Å². The Morgan fingerprint density at radius 2 is 1.38 bits per heavy atom. The van der Waals surface area contributed by atoms with E-state index >= 15 is 0 Å². The third-order valence-electron chi connectivity index (χ3n) is 4.96. The van der Waals surface area contributed by atoms with E-state index < -0.39 is 0 Å². The lowest BCUT2D eigenvalue weighted by atomic mass is 9.88. The maximum Gasteiger partial charge on any atom is 0.225 e. The molecule has 144 valence electrons. The zero-order valence-corrected chi connectivity index (χ0v) is 16.2. The highest BCUT2D eigenvalue weighted by Gasteiger charge is 2.21. The molecule has 4 aromatic rings. The van der Waals surface area contributed by atoms with E-state index in [9.17, 15) is 4.79 Å². The topological polar surface area (TPSA) is 55.1 Å². The van der Waals surface area contributed by atoms with E-state index in [0.29, 0.717) is 23.6 Å². The van der Waals surface area contributed by atoms with Crippen LogP contribution in [0.1, 0.15) is 29.2 Å². The van der Waals surface area contributed by atoms with Gasteiger partial charge >= 0.3 is 0 Å². The zero-order valence-electron chi connectivity index (χ0n) is 16.2. The van der Waals surface area contributed by atoms with Gasteiger partial charge in [0.2, 0.25) is 5.91 Å². The van der Waals surface area contributed by atoms with Crippen molar-refractivity contribution in [2.75, 3.05) is 5.32 Å². The molecule has 0 bridgehead atoms. The Labute approximate surface area is 170 Å². The van der Waals surface area contributed by atoms with Crippen molar-refractivity contribution in [3.8, 4) is 11.3 Å². The van der Waals surface area contributed by atoms with Gasteiger partial charge in [-0.05, 0) is 18.1 Å². The van der Waals surface area contributed by atoms with Gasteiger partial charge in [-0.15, -0.1) is 0 Å². The number of carbonyl (C=O) groups excluding carboxylic acids is 1. The first-order valence-corrected chi connectivity index (χ1v) is 9.64. The van der Waals surface area contributed by atoms with E-state index in [-0.39, 0.29) is 11.8 Å². The predicted molar refractivity (Wildman–Crippen MR) is 115 cm³/mol. The Kier molecular flexibility index (Phi) is 5.52. The fourth-order valence-electron chi connectivity index (χ4n) is 3.48. The summed E-state index contributed by atoms with van der Waals surface area (Å²) < 4.78 is 5.49. The number of aromatic nitrogens is 1. The van der Waals surface area contributed by atoms with Gasteiger partial charge in [-0.1, -0.05) is 96.2 Å². The Morgan fingerprint density at radius 3 is 1.93 bits per heavy atom. The summed E-state index contributed by atoms with van der Waals surface area (Å²) in [7, 11) is 0. The van der Waals surface area contributed by atoms with Gasteiger partial charge in [-0.2, -0.15) is 0 Å². The third kappa shape index (κ3) is 4.27. The number of benzene rings is 3. The number of nitrogens with one attached hydrogen (secondary N) is 1. The molecule has 1 N–H and O–H groups in total. The molecular weight excluding hydrogens is 360 g/mol. The molecule has 3 aromatic carbocycles. The van der Waals surface area contributed by atoms with Crippen LogP contribution in [0.3, 0.4) is 0 Å². The molecule has 4 heteroatoms. The minimum atomic E-state index is -0.0776. The number of amides is 1. The van der Waals surface area contributed by atoms with Gasteiger partial charge in [-0.25, -0.2) is 0 Å². The summed E-state index contributed by atoms with van der Waals surface area (Å²) >= 11 is 0. The van der Waals surface area contributed by atoms with Gasteiger partial charge in [0.05, 0.1) is 0 Å². The number of hydrogen-bond acceptors (Lipinski definition) is 3. The largest absolute Gasteiger partial charge is 0.354 e. The van der Waals surface area contributed by atoms with Crippen molar-refractivity contribution in [1.82, 2.24) is 5.16 Å².